The molecule has 0 bridgehead atoms. The first-order valence-electron chi connectivity index (χ1n) is 7.45. The SMILES string of the molecule is O=C(COC(=O)c1ccc(F)cc1)Nc1nc(-c2ccc(F)cc2)cs1. The minimum atomic E-state index is -0.730. The Morgan fingerprint density at radius 3 is 2.27 bits per heavy atom. The van der Waals surface area contributed by atoms with Crippen molar-refractivity contribution in [3.63, 3.8) is 0 Å². The van der Waals surface area contributed by atoms with Crippen LogP contribution in [0, 0.1) is 11.6 Å². The summed E-state index contributed by atoms with van der Waals surface area (Å²) in [5, 5.41) is 4.56. The molecule has 0 spiro atoms. The van der Waals surface area contributed by atoms with E-state index in [1.165, 1.54) is 35.6 Å². The van der Waals surface area contributed by atoms with Crippen molar-refractivity contribution in [1.82, 2.24) is 4.98 Å². The fourth-order valence-electron chi connectivity index (χ4n) is 2.04. The topological polar surface area (TPSA) is 68.3 Å². The van der Waals surface area contributed by atoms with E-state index in [9.17, 15) is 18.4 Å². The van der Waals surface area contributed by atoms with Crippen molar-refractivity contribution in [2.75, 3.05) is 11.9 Å². The first-order chi connectivity index (χ1) is 12.5. The smallest absolute Gasteiger partial charge is 0.338 e. The Morgan fingerprint density at radius 2 is 1.62 bits per heavy atom. The van der Waals surface area contributed by atoms with Gasteiger partial charge in [-0.25, -0.2) is 18.6 Å². The number of nitrogens with one attached hydrogen (secondary N) is 1. The van der Waals surface area contributed by atoms with Crippen LogP contribution in [0.15, 0.2) is 53.9 Å². The van der Waals surface area contributed by atoms with E-state index >= 15 is 0 Å². The second-order valence-electron chi connectivity index (χ2n) is 5.18. The highest BCUT2D eigenvalue weighted by Crippen LogP contribution is 2.24. The van der Waals surface area contributed by atoms with E-state index in [0.717, 1.165) is 12.1 Å². The van der Waals surface area contributed by atoms with Crippen molar-refractivity contribution in [3.05, 3.63) is 71.1 Å². The number of carbonyl (C=O) groups is 2. The molecule has 132 valence electrons. The average molecular weight is 374 g/mol. The number of hydrogen-bond donors (Lipinski definition) is 1. The number of aromatic nitrogens is 1. The molecule has 26 heavy (non-hydrogen) atoms. The second kappa shape index (κ2) is 7.83. The number of carbonyl (C=O) groups excluding carboxylic acids is 2. The number of benzene rings is 2. The lowest BCUT2D eigenvalue weighted by molar-refractivity contribution is -0.119. The number of ether oxygens (including phenoxy) is 1. The van der Waals surface area contributed by atoms with E-state index < -0.39 is 24.3 Å². The number of hydrogen-bond acceptors (Lipinski definition) is 5. The van der Waals surface area contributed by atoms with Crippen LogP contribution in [0.5, 0.6) is 0 Å². The highest BCUT2D eigenvalue weighted by atomic mass is 32.1. The van der Waals surface area contributed by atoms with Gasteiger partial charge >= 0.3 is 5.97 Å². The van der Waals surface area contributed by atoms with Crippen molar-refractivity contribution in [1.29, 1.82) is 0 Å². The van der Waals surface area contributed by atoms with Gasteiger partial charge in [-0.1, -0.05) is 0 Å². The predicted octanol–water partition coefficient (Wildman–Crippen LogP) is 3.88. The Morgan fingerprint density at radius 1 is 1.00 bits per heavy atom. The normalized spacial score (nSPS) is 10.4. The molecule has 1 heterocycles. The van der Waals surface area contributed by atoms with Crippen molar-refractivity contribution >= 4 is 28.3 Å². The highest BCUT2D eigenvalue weighted by molar-refractivity contribution is 7.14. The quantitative estimate of drug-likeness (QED) is 0.688. The van der Waals surface area contributed by atoms with Crippen molar-refractivity contribution < 1.29 is 23.1 Å². The third-order valence-electron chi connectivity index (χ3n) is 3.30. The lowest BCUT2D eigenvalue weighted by Gasteiger charge is -2.04. The number of amides is 1. The monoisotopic (exact) mass is 374 g/mol. The number of anilines is 1. The number of rotatable bonds is 5. The molecule has 5 nitrogen and oxygen atoms in total. The number of halogens is 2. The van der Waals surface area contributed by atoms with Gasteiger partial charge in [-0.3, -0.25) is 10.1 Å². The predicted molar refractivity (Wildman–Crippen MR) is 92.8 cm³/mol. The molecular formula is C18H12F2N2O3S. The van der Waals surface area contributed by atoms with Crippen LogP contribution in [0.4, 0.5) is 13.9 Å². The minimum absolute atomic E-state index is 0.145. The summed E-state index contributed by atoms with van der Waals surface area (Å²) in [7, 11) is 0. The maximum absolute atomic E-state index is 12.9. The Balaban J connectivity index is 1.54. The summed E-state index contributed by atoms with van der Waals surface area (Å²) in [6, 6.07) is 10.6. The molecule has 2 aromatic carbocycles. The van der Waals surface area contributed by atoms with E-state index in [0.29, 0.717) is 16.4 Å². The highest BCUT2D eigenvalue weighted by Gasteiger charge is 2.12. The van der Waals surface area contributed by atoms with Crippen LogP contribution in [0.1, 0.15) is 10.4 Å². The Bertz CT molecular complexity index is 924. The average Bonchev–Trinajstić information content (AvgIpc) is 3.09. The maximum atomic E-state index is 12.9. The molecule has 3 rings (SSSR count). The summed E-state index contributed by atoms with van der Waals surface area (Å²) in [5.41, 5.74) is 1.45. The molecular weight excluding hydrogens is 362 g/mol. The minimum Gasteiger partial charge on any atom is -0.452 e. The van der Waals surface area contributed by atoms with Crippen LogP contribution in [0.25, 0.3) is 11.3 Å². The zero-order valence-corrected chi connectivity index (χ0v) is 14.1. The second-order valence-corrected chi connectivity index (χ2v) is 6.03. The maximum Gasteiger partial charge on any atom is 0.338 e. The van der Waals surface area contributed by atoms with E-state index in [-0.39, 0.29) is 11.4 Å². The molecule has 3 aromatic rings. The molecule has 1 aromatic heterocycles. The molecule has 1 N–H and O–H groups in total. The summed E-state index contributed by atoms with van der Waals surface area (Å²) in [6.07, 6.45) is 0. The molecule has 0 unspecified atom stereocenters. The largest absolute Gasteiger partial charge is 0.452 e. The fraction of sp³-hybridized carbons (Fsp3) is 0.0556. The van der Waals surface area contributed by atoms with Gasteiger partial charge < -0.3 is 4.74 Å². The first kappa shape index (κ1) is 17.7. The van der Waals surface area contributed by atoms with Gasteiger partial charge in [-0.15, -0.1) is 11.3 Å². The Kier molecular flexibility index (Phi) is 5.33. The molecule has 0 aliphatic rings. The number of esters is 1. The number of nitrogens with zero attached hydrogens (tertiary/aromatic N) is 1. The summed E-state index contributed by atoms with van der Waals surface area (Å²) in [5.74, 6) is -2.10. The summed E-state index contributed by atoms with van der Waals surface area (Å²) in [6.45, 7) is -0.498. The van der Waals surface area contributed by atoms with Crippen LogP contribution in [-0.2, 0) is 9.53 Å². The molecule has 0 fully saturated rings. The van der Waals surface area contributed by atoms with Gasteiger partial charge in [0, 0.05) is 10.9 Å². The zero-order valence-electron chi connectivity index (χ0n) is 13.2. The van der Waals surface area contributed by atoms with Gasteiger partial charge in [0.05, 0.1) is 11.3 Å². The van der Waals surface area contributed by atoms with Crippen molar-refractivity contribution in [2.45, 2.75) is 0 Å². The van der Waals surface area contributed by atoms with Crippen LogP contribution < -0.4 is 5.32 Å². The molecule has 0 saturated carbocycles. The van der Waals surface area contributed by atoms with Crippen LogP contribution in [0.3, 0.4) is 0 Å². The summed E-state index contributed by atoms with van der Waals surface area (Å²) in [4.78, 5) is 27.8. The standard InChI is InChI=1S/C18H12F2N2O3S/c19-13-5-1-11(2-6-13)15-10-26-18(21-15)22-16(23)9-25-17(24)12-3-7-14(20)8-4-12/h1-8,10H,9H2,(H,21,22,23). The van der Waals surface area contributed by atoms with Crippen molar-refractivity contribution in [2.24, 2.45) is 0 Å². The Hall–Kier alpha value is -3.13. The van der Waals surface area contributed by atoms with Crippen LogP contribution in [-0.4, -0.2) is 23.5 Å². The molecule has 0 saturated heterocycles. The third kappa shape index (κ3) is 4.48. The molecule has 1 amide bonds. The summed E-state index contributed by atoms with van der Waals surface area (Å²) < 4.78 is 30.6. The lowest BCUT2D eigenvalue weighted by Crippen LogP contribution is -2.20. The van der Waals surface area contributed by atoms with Gasteiger partial charge in [0.1, 0.15) is 11.6 Å². The fourth-order valence-corrected chi connectivity index (χ4v) is 2.78. The van der Waals surface area contributed by atoms with E-state index in [1.54, 1.807) is 17.5 Å². The third-order valence-corrected chi connectivity index (χ3v) is 4.06. The van der Waals surface area contributed by atoms with Crippen LogP contribution >= 0.6 is 11.3 Å². The van der Waals surface area contributed by atoms with Gasteiger partial charge in [-0.05, 0) is 48.5 Å². The van der Waals surface area contributed by atoms with E-state index in [4.69, 9.17) is 4.74 Å². The number of thiazole rings is 1. The van der Waals surface area contributed by atoms with Gasteiger partial charge in [0.2, 0.25) is 0 Å². The van der Waals surface area contributed by atoms with Gasteiger partial charge in [0.15, 0.2) is 11.7 Å². The van der Waals surface area contributed by atoms with E-state index in [2.05, 4.69) is 10.3 Å². The molecule has 0 aliphatic carbocycles. The lowest BCUT2D eigenvalue weighted by atomic mass is 10.2. The van der Waals surface area contributed by atoms with Gasteiger partial charge in [-0.2, -0.15) is 0 Å². The summed E-state index contributed by atoms with van der Waals surface area (Å²) >= 11 is 1.19. The van der Waals surface area contributed by atoms with E-state index in [1.807, 2.05) is 0 Å². The Labute approximate surface area is 151 Å². The molecule has 8 heteroatoms. The van der Waals surface area contributed by atoms with Gasteiger partial charge in [0.25, 0.3) is 5.91 Å². The molecule has 0 radical (unpaired) electrons. The van der Waals surface area contributed by atoms with Crippen molar-refractivity contribution in [3.8, 4) is 11.3 Å². The molecule has 0 aliphatic heterocycles. The van der Waals surface area contributed by atoms with Crippen LogP contribution in [0.2, 0.25) is 0 Å². The first-order valence-corrected chi connectivity index (χ1v) is 8.33. The zero-order chi connectivity index (χ0) is 18.5. The molecule has 0 atom stereocenters.